The van der Waals surface area contributed by atoms with E-state index in [0.717, 1.165) is 19.3 Å². The summed E-state index contributed by atoms with van der Waals surface area (Å²) >= 11 is 0. The van der Waals surface area contributed by atoms with Gasteiger partial charge in [-0.25, -0.2) is 9.69 Å². The van der Waals surface area contributed by atoms with Crippen LogP contribution in [0.2, 0.25) is 0 Å². The van der Waals surface area contributed by atoms with Crippen molar-refractivity contribution in [1.82, 2.24) is 9.80 Å². The van der Waals surface area contributed by atoms with Crippen LogP contribution in [0, 0.1) is 11.8 Å². The summed E-state index contributed by atoms with van der Waals surface area (Å²) in [4.78, 5) is 40.1. The van der Waals surface area contributed by atoms with Crippen LogP contribution in [0.1, 0.15) is 32.6 Å². The maximum absolute atomic E-state index is 12.9. The Hall–Kier alpha value is -1.63. The molecule has 0 aromatic carbocycles. The molecule has 4 heterocycles. The Balaban J connectivity index is 1.71. The van der Waals surface area contributed by atoms with Crippen LogP contribution in [0.5, 0.6) is 0 Å². The highest BCUT2D eigenvalue weighted by atomic mass is 16.6. The fraction of sp³-hybridized carbons (Fsp3) is 0.800. The van der Waals surface area contributed by atoms with Gasteiger partial charge in [-0.05, 0) is 19.3 Å². The van der Waals surface area contributed by atoms with Gasteiger partial charge in [-0.2, -0.15) is 0 Å². The molecule has 4 aliphatic heterocycles. The van der Waals surface area contributed by atoms with Gasteiger partial charge in [-0.15, -0.1) is 0 Å². The minimum Gasteiger partial charge on any atom is -0.447 e. The first-order valence-corrected chi connectivity index (χ1v) is 8.04. The molecule has 4 saturated heterocycles. The van der Waals surface area contributed by atoms with Crippen molar-refractivity contribution >= 4 is 17.9 Å². The molecule has 22 heavy (non-hydrogen) atoms. The fourth-order valence-corrected chi connectivity index (χ4v) is 4.49. The Morgan fingerprint density at radius 2 is 2.05 bits per heavy atom. The van der Waals surface area contributed by atoms with Gasteiger partial charge in [0.1, 0.15) is 12.7 Å². The lowest BCUT2D eigenvalue weighted by Crippen LogP contribution is -2.60. The lowest BCUT2D eigenvalue weighted by molar-refractivity contribution is -0.156. The number of nitrogens with zero attached hydrogens (tertiary/aromatic N) is 2. The Bertz CT molecular complexity index is 550. The van der Waals surface area contributed by atoms with E-state index in [4.69, 9.17) is 9.47 Å². The van der Waals surface area contributed by atoms with Gasteiger partial charge in [0, 0.05) is 12.5 Å². The lowest BCUT2D eigenvalue weighted by Gasteiger charge is -2.42. The van der Waals surface area contributed by atoms with E-state index in [2.05, 4.69) is 0 Å². The van der Waals surface area contributed by atoms with E-state index in [-0.39, 0.29) is 30.9 Å². The van der Waals surface area contributed by atoms with Crippen molar-refractivity contribution in [3.8, 4) is 0 Å². The molecule has 0 saturated carbocycles. The normalized spacial score (nSPS) is 40.7. The van der Waals surface area contributed by atoms with Crippen LogP contribution in [-0.4, -0.2) is 59.2 Å². The number of carbonyl (C=O) groups is 3. The molecule has 0 aromatic rings. The van der Waals surface area contributed by atoms with Gasteiger partial charge in [0.15, 0.2) is 5.72 Å². The van der Waals surface area contributed by atoms with Crippen LogP contribution in [0.15, 0.2) is 0 Å². The molecule has 0 N–H and O–H groups in total. The molecule has 4 atom stereocenters. The Kier molecular flexibility index (Phi) is 2.98. The zero-order valence-corrected chi connectivity index (χ0v) is 12.6. The summed E-state index contributed by atoms with van der Waals surface area (Å²) in [5, 5.41) is 0. The number of ether oxygens (including phenoxy) is 2. The Labute approximate surface area is 128 Å². The molecule has 4 fully saturated rings. The summed E-state index contributed by atoms with van der Waals surface area (Å²) in [6, 6.07) is 0. The summed E-state index contributed by atoms with van der Waals surface area (Å²) in [6.07, 6.45) is 2.43. The Morgan fingerprint density at radius 3 is 2.77 bits per heavy atom. The van der Waals surface area contributed by atoms with Crippen molar-refractivity contribution in [3.05, 3.63) is 0 Å². The maximum atomic E-state index is 12.9. The number of cyclic esters (lactones) is 1. The first kappa shape index (κ1) is 14.0. The number of rotatable bonds is 1. The quantitative estimate of drug-likeness (QED) is 0.714. The van der Waals surface area contributed by atoms with Crippen LogP contribution in [0.4, 0.5) is 4.79 Å². The number of imide groups is 1. The van der Waals surface area contributed by atoms with Crippen molar-refractivity contribution in [3.63, 3.8) is 0 Å². The van der Waals surface area contributed by atoms with Gasteiger partial charge < -0.3 is 14.4 Å². The molecule has 0 unspecified atom stereocenters. The molecule has 3 amide bonds. The van der Waals surface area contributed by atoms with Gasteiger partial charge in [0.25, 0.3) is 5.91 Å². The number of piperidine rings is 1. The van der Waals surface area contributed by atoms with E-state index >= 15 is 0 Å². The van der Waals surface area contributed by atoms with Crippen molar-refractivity contribution in [1.29, 1.82) is 0 Å². The minimum absolute atomic E-state index is 0.00227. The summed E-state index contributed by atoms with van der Waals surface area (Å²) < 4.78 is 11.0. The van der Waals surface area contributed by atoms with E-state index < -0.39 is 23.8 Å². The molecule has 120 valence electrons. The van der Waals surface area contributed by atoms with Crippen LogP contribution in [-0.2, 0) is 19.1 Å². The summed E-state index contributed by atoms with van der Waals surface area (Å²) in [5.74, 6) is -0.930. The zero-order valence-electron chi connectivity index (χ0n) is 12.6. The van der Waals surface area contributed by atoms with Gasteiger partial charge in [0.2, 0.25) is 5.91 Å². The predicted octanol–water partition coefficient (Wildman–Crippen LogP) is 0.729. The molecular formula is C15H20N2O5. The first-order chi connectivity index (χ1) is 10.6. The molecule has 2 bridgehead atoms. The molecule has 4 rings (SSSR count). The average molecular weight is 308 g/mol. The van der Waals surface area contributed by atoms with Crippen molar-refractivity contribution < 1.29 is 23.9 Å². The molecule has 0 aliphatic carbocycles. The molecule has 7 nitrogen and oxygen atoms in total. The fourth-order valence-electron chi connectivity index (χ4n) is 4.49. The molecular weight excluding hydrogens is 288 g/mol. The lowest BCUT2D eigenvalue weighted by atomic mass is 9.77. The topological polar surface area (TPSA) is 76.2 Å². The second-order valence-corrected chi connectivity index (χ2v) is 6.62. The third kappa shape index (κ3) is 1.63. The number of hydrogen-bond acceptors (Lipinski definition) is 5. The maximum Gasteiger partial charge on any atom is 0.416 e. The highest BCUT2D eigenvalue weighted by molar-refractivity contribution is 5.97. The largest absolute Gasteiger partial charge is 0.447 e. The highest BCUT2D eigenvalue weighted by Crippen LogP contribution is 2.53. The number of amides is 3. The third-order valence-electron chi connectivity index (χ3n) is 5.50. The van der Waals surface area contributed by atoms with Crippen LogP contribution in [0.25, 0.3) is 0 Å². The standard InChI is InChI=1S/C15H20N2O5/c1-9-10(12(18)16-7-8-21-14(16)20)15-5-3-2-4-6-17(15)13(19)11(9)22-15/h9-11H,2-8H2,1H3/t9-,10+,11-,15+/m1/s1. The van der Waals surface area contributed by atoms with Crippen LogP contribution in [0.3, 0.4) is 0 Å². The smallest absolute Gasteiger partial charge is 0.416 e. The van der Waals surface area contributed by atoms with Gasteiger partial charge >= 0.3 is 6.09 Å². The third-order valence-corrected chi connectivity index (χ3v) is 5.50. The number of fused-ring (bicyclic) bond motifs is 1. The van der Waals surface area contributed by atoms with E-state index in [1.807, 2.05) is 6.92 Å². The van der Waals surface area contributed by atoms with Crippen molar-refractivity contribution in [2.24, 2.45) is 11.8 Å². The number of carbonyl (C=O) groups excluding carboxylic acids is 3. The van der Waals surface area contributed by atoms with Gasteiger partial charge in [0.05, 0.1) is 12.5 Å². The predicted molar refractivity (Wildman–Crippen MR) is 73.5 cm³/mol. The summed E-state index contributed by atoms with van der Waals surface area (Å²) in [6.45, 7) is 3.04. The highest BCUT2D eigenvalue weighted by Gasteiger charge is 2.69. The summed E-state index contributed by atoms with van der Waals surface area (Å²) in [5.41, 5.74) is -0.850. The van der Waals surface area contributed by atoms with Crippen molar-refractivity contribution in [2.75, 3.05) is 19.7 Å². The van der Waals surface area contributed by atoms with Crippen LogP contribution >= 0.6 is 0 Å². The van der Waals surface area contributed by atoms with Gasteiger partial charge in [-0.3, -0.25) is 9.59 Å². The second kappa shape index (κ2) is 4.68. The van der Waals surface area contributed by atoms with E-state index in [9.17, 15) is 14.4 Å². The van der Waals surface area contributed by atoms with Gasteiger partial charge in [-0.1, -0.05) is 13.3 Å². The summed E-state index contributed by atoms with van der Waals surface area (Å²) in [7, 11) is 0. The van der Waals surface area contributed by atoms with Crippen molar-refractivity contribution in [2.45, 2.75) is 44.4 Å². The zero-order chi connectivity index (χ0) is 15.5. The first-order valence-electron chi connectivity index (χ1n) is 8.04. The molecule has 0 aromatic heterocycles. The second-order valence-electron chi connectivity index (χ2n) is 6.62. The Morgan fingerprint density at radius 1 is 1.23 bits per heavy atom. The average Bonchev–Trinajstić information content (AvgIpc) is 3.05. The monoisotopic (exact) mass is 308 g/mol. The van der Waals surface area contributed by atoms with E-state index in [1.54, 1.807) is 4.90 Å². The number of hydrogen-bond donors (Lipinski definition) is 0. The van der Waals surface area contributed by atoms with E-state index in [0.29, 0.717) is 13.0 Å². The minimum atomic E-state index is -0.850. The van der Waals surface area contributed by atoms with Crippen LogP contribution < -0.4 is 0 Å². The molecule has 0 radical (unpaired) electrons. The SMILES string of the molecule is C[C@@H]1[C@@H](C(=O)N2CCOC2=O)[C@@]23CCCCCN2C(=O)[C@@H]1O3. The molecule has 7 heteroatoms. The molecule has 4 aliphatic rings. The molecule has 1 spiro atoms. The van der Waals surface area contributed by atoms with E-state index in [1.165, 1.54) is 4.90 Å².